The van der Waals surface area contributed by atoms with Gasteiger partial charge >= 0.3 is 0 Å². The Labute approximate surface area is 118 Å². The van der Waals surface area contributed by atoms with Crippen LogP contribution in [0, 0.1) is 11.8 Å². The lowest BCUT2D eigenvalue weighted by Crippen LogP contribution is -2.31. The van der Waals surface area contributed by atoms with Crippen molar-refractivity contribution in [2.75, 3.05) is 19.7 Å². The van der Waals surface area contributed by atoms with Gasteiger partial charge in [0, 0.05) is 6.54 Å². The van der Waals surface area contributed by atoms with Crippen LogP contribution >= 0.6 is 0 Å². The van der Waals surface area contributed by atoms with Gasteiger partial charge in [0.25, 0.3) is 0 Å². The molecule has 5 atom stereocenters. The summed E-state index contributed by atoms with van der Waals surface area (Å²) in [6.07, 6.45) is 7.34. The monoisotopic (exact) mass is 269 g/mol. The highest BCUT2D eigenvalue weighted by Gasteiger charge is 2.28. The van der Waals surface area contributed by atoms with Crippen LogP contribution in [0.3, 0.4) is 0 Å². The van der Waals surface area contributed by atoms with Crippen LogP contribution in [0.2, 0.25) is 0 Å². The molecule has 1 saturated carbocycles. The van der Waals surface area contributed by atoms with Crippen LogP contribution in [-0.4, -0.2) is 38.0 Å². The maximum atomic E-state index is 6.09. The lowest BCUT2D eigenvalue weighted by molar-refractivity contribution is -0.0596. The van der Waals surface area contributed by atoms with Gasteiger partial charge in [0.1, 0.15) is 0 Å². The first-order valence-corrected chi connectivity index (χ1v) is 8.16. The van der Waals surface area contributed by atoms with E-state index in [0.29, 0.717) is 18.3 Å². The van der Waals surface area contributed by atoms with E-state index in [1.54, 1.807) is 0 Å². The van der Waals surface area contributed by atoms with E-state index in [0.717, 1.165) is 38.0 Å². The van der Waals surface area contributed by atoms with E-state index in [4.69, 9.17) is 9.47 Å². The summed E-state index contributed by atoms with van der Waals surface area (Å²) >= 11 is 0. The number of rotatable bonds is 6. The fourth-order valence-corrected chi connectivity index (χ4v) is 3.25. The molecule has 0 radical (unpaired) electrons. The first-order chi connectivity index (χ1) is 9.19. The maximum absolute atomic E-state index is 6.09. The summed E-state index contributed by atoms with van der Waals surface area (Å²) in [6.45, 7) is 9.68. The molecule has 1 heterocycles. The first-order valence-electron chi connectivity index (χ1n) is 8.16. The van der Waals surface area contributed by atoms with E-state index in [1.165, 1.54) is 25.7 Å². The molecule has 1 saturated heterocycles. The molecule has 3 heteroatoms. The van der Waals surface area contributed by atoms with Crippen LogP contribution in [-0.2, 0) is 9.47 Å². The van der Waals surface area contributed by atoms with Crippen LogP contribution in [0.5, 0.6) is 0 Å². The molecule has 1 N–H and O–H groups in total. The molecular weight excluding hydrogens is 238 g/mol. The summed E-state index contributed by atoms with van der Waals surface area (Å²) in [5.41, 5.74) is 0. The van der Waals surface area contributed by atoms with Crippen molar-refractivity contribution in [3.05, 3.63) is 0 Å². The third kappa shape index (κ3) is 4.73. The summed E-state index contributed by atoms with van der Waals surface area (Å²) in [6, 6.07) is 0. The summed E-state index contributed by atoms with van der Waals surface area (Å²) < 4.78 is 12.1. The highest BCUT2D eigenvalue weighted by molar-refractivity contribution is 4.78. The second-order valence-electron chi connectivity index (χ2n) is 6.49. The van der Waals surface area contributed by atoms with E-state index < -0.39 is 0 Å². The Morgan fingerprint density at radius 3 is 2.58 bits per heavy atom. The number of hydrogen-bond acceptors (Lipinski definition) is 3. The largest absolute Gasteiger partial charge is 0.376 e. The van der Waals surface area contributed by atoms with Crippen LogP contribution in [0.15, 0.2) is 0 Å². The quantitative estimate of drug-likeness (QED) is 0.804. The van der Waals surface area contributed by atoms with Gasteiger partial charge < -0.3 is 14.8 Å². The Balaban J connectivity index is 1.61. The average Bonchev–Trinajstić information content (AvgIpc) is 2.86. The number of likely N-dealkylation sites (N-methyl/N-ethyl adjacent to an activating group) is 1. The topological polar surface area (TPSA) is 30.5 Å². The minimum absolute atomic E-state index is 0.332. The molecule has 3 nitrogen and oxygen atoms in total. The van der Waals surface area contributed by atoms with Gasteiger partial charge in [-0.25, -0.2) is 0 Å². The van der Waals surface area contributed by atoms with E-state index in [-0.39, 0.29) is 0 Å². The molecule has 2 aliphatic rings. The minimum atomic E-state index is 0.332. The normalized spacial score (nSPS) is 39.6. The summed E-state index contributed by atoms with van der Waals surface area (Å²) in [5, 5.41) is 3.36. The fraction of sp³-hybridized carbons (Fsp3) is 1.00. The molecule has 0 aromatic rings. The van der Waals surface area contributed by atoms with Crippen LogP contribution < -0.4 is 5.32 Å². The molecule has 0 bridgehead atoms. The number of ether oxygens (including phenoxy) is 2. The van der Waals surface area contributed by atoms with Crippen LogP contribution in [0.1, 0.15) is 52.9 Å². The van der Waals surface area contributed by atoms with Crippen molar-refractivity contribution in [2.45, 2.75) is 71.2 Å². The predicted molar refractivity (Wildman–Crippen MR) is 78.4 cm³/mol. The molecule has 0 spiro atoms. The summed E-state index contributed by atoms with van der Waals surface area (Å²) in [5.74, 6) is 1.68. The van der Waals surface area contributed by atoms with Gasteiger partial charge in [0.2, 0.25) is 0 Å². The van der Waals surface area contributed by atoms with Gasteiger partial charge in [0.05, 0.1) is 24.9 Å². The molecule has 19 heavy (non-hydrogen) atoms. The molecule has 2 rings (SSSR count). The van der Waals surface area contributed by atoms with Crippen molar-refractivity contribution in [1.29, 1.82) is 0 Å². The third-order valence-electron chi connectivity index (χ3n) is 4.89. The van der Waals surface area contributed by atoms with Gasteiger partial charge in [-0.05, 0) is 50.5 Å². The van der Waals surface area contributed by atoms with Crippen molar-refractivity contribution in [3.63, 3.8) is 0 Å². The Morgan fingerprint density at radius 2 is 1.84 bits per heavy atom. The lowest BCUT2D eigenvalue weighted by Gasteiger charge is -2.32. The fourth-order valence-electron chi connectivity index (χ4n) is 3.25. The summed E-state index contributed by atoms with van der Waals surface area (Å²) in [7, 11) is 0. The van der Waals surface area contributed by atoms with Crippen molar-refractivity contribution in [3.8, 4) is 0 Å². The highest BCUT2D eigenvalue weighted by atomic mass is 16.5. The third-order valence-corrected chi connectivity index (χ3v) is 4.89. The highest BCUT2D eigenvalue weighted by Crippen LogP contribution is 2.31. The zero-order chi connectivity index (χ0) is 13.7. The van der Waals surface area contributed by atoms with Gasteiger partial charge in [-0.2, -0.15) is 0 Å². The van der Waals surface area contributed by atoms with Crippen molar-refractivity contribution >= 4 is 0 Å². The van der Waals surface area contributed by atoms with Gasteiger partial charge in [-0.15, -0.1) is 0 Å². The Hall–Kier alpha value is -0.120. The zero-order valence-electron chi connectivity index (χ0n) is 12.9. The second-order valence-corrected chi connectivity index (χ2v) is 6.49. The molecule has 112 valence electrons. The van der Waals surface area contributed by atoms with E-state index in [1.807, 2.05) is 0 Å². The van der Waals surface area contributed by atoms with Gasteiger partial charge in [0.15, 0.2) is 0 Å². The van der Waals surface area contributed by atoms with Crippen LogP contribution in [0.4, 0.5) is 0 Å². The maximum Gasteiger partial charge on any atom is 0.0814 e. The molecule has 1 aliphatic heterocycles. The van der Waals surface area contributed by atoms with E-state index >= 15 is 0 Å². The Morgan fingerprint density at radius 1 is 1.05 bits per heavy atom. The first kappa shape index (κ1) is 15.3. The molecule has 2 fully saturated rings. The molecule has 1 aliphatic carbocycles. The summed E-state index contributed by atoms with van der Waals surface area (Å²) in [4.78, 5) is 0. The second kappa shape index (κ2) is 7.61. The standard InChI is InChI=1S/C16H31NO2/c1-4-17-10-15-7-8-16(19-15)11-18-14-6-5-12(2)13(3)9-14/h12-17H,4-11H2,1-3H3. The molecule has 0 aromatic heterocycles. The number of nitrogens with one attached hydrogen (secondary N) is 1. The lowest BCUT2D eigenvalue weighted by atomic mass is 9.80. The Kier molecular flexibility index (Phi) is 6.11. The minimum Gasteiger partial charge on any atom is -0.376 e. The molecule has 0 aromatic carbocycles. The van der Waals surface area contributed by atoms with Crippen molar-refractivity contribution in [2.24, 2.45) is 11.8 Å². The van der Waals surface area contributed by atoms with Crippen molar-refractivity contribution < 1.29 is 9.47 Å². The predicted octanol–water partition coefficient (Wildman–Crippen LogP) is 2.98. The molecular formula is C16H31NO2. The van der Waals surface area contributed by atoms with Crippen LogP contribution in [0.25, 0.3) is 0 Å². The average molecular weight is 269 g/mol. The Bertz CT molecular complexity index is 259. The molecule has 0 amide bonds. The van der Waals surface area contributed by atoms with E-state index in [9.17, 15) is 0 Å². The van der Waals surface area contributed by atoms with E-state index in [2.05, 4.69) is 26.1 Å². The van der Waals surface area contributed by atoms with Crippen molar-refractivity contribution in [1.82, 2.24) is 5.32 Å². The molecule has 5 unspecified atom stereocenters. The van der Waals surface area contributed by atoms with Gasteiger partial charge in [-0.3, -0.25) is 0 Å². The zero-order valence-corrected chi connectivity index (χ0v) is 12.9. The smallest absolute Gasteiger partial charge is 0.0814 e. The SMILES string of the molecule is CCNCC1CCC(COC2CCC(C)C(C)C2)O1. The number of hydrogen-bond donors (Lipinski definition) is 1. The van der Waals surface area contributed by atoms with Gasteiger partial charge in [-0.1, -0.05) is 20.8 Å².